The Morgan fingerprint density at radius 3 is 2.00 bits per heavy atom. The van der Waals surface area contributed by atoms with Crippen LogP contribution in [0.5, 0.6) is 0 Å². The van der Waals surface area contributed by atoms with E-state index in [1.807, 2.05) is 0 Å². The fourth-order valence-electron chi connectivity index (χ4n) is 1.87. The molecular weight excluding hydrogens is 414 g/mol. The summed E-state index contributed by atoms with van der Waals surface area (Å²) in [6, 6.07) is 1.10. The maximum Gasteiger partial charge on any atom is 0.416 e. The van der Waals surface area contributed by atoms with Gasteiger partial charge in [-0.3, -0.25) is 4.79 Å². The first kappa shape index (κ1) is 24.1. The van der Waals surface area contributed by atoms with Crippen LogP contribution in [0.4, 0.5) is 32.0 Å². The van der Waals surface area contributed by atoms with Crippen molar-refractivity contribution in [3.05, 3.63) is 29.3 Å². The molecule has 1 rings (SSSR count). The summed E-state index contributed by atoms with van der Waals surface area (Å²) in [5.41, 5.74) is -3.33. The molecule has 158 valence electrons. The second-order valence-corrected chi connectivity index (χ2v) is 5.95. The highest BCUT2D eigenvalue weighted by Crippen LogP contribution is 2.37. The molecule has 12 heteroatoms. The average Bonchev–Trinajstić information content (AvgIpc) is 2.55. The lowest BCUT2D eigenvalue weighted by Gasteiger charge is -2.16. The maximum absolute atomic E-state index is 12.8. The first-order valence-electron chi connectivity index (χ1n) is 7.89. The number of rotatable bonds is 9. The number of nitrogens with one attached hydrogen (secondary N) is 2. The number of halogens is 6. The third-order valence-corrected chi connectivity index (χ3v) is 3.30. The SMILES string of the molecule is CC(=O)COCCOCCNC(=S)Nc1cc(C(F)(F)F)cc(C(F)(F)F)c1. The summed E-state index contributed by atoms with van der Waals surface area (Å²) in [6.07, 6.45) is -9.88. The molecule has 0 saturated carbocycles. The Kier molecular flexibility index (Phi) is 9.11. The van der Waals surface area contributed by atoms with Crippen molar-refractivity contribution >= 4 is 28.8 Å². The van der Waals surface area contributed by atoms with Crippen LogP contribution in [0.3, 0.4) is 0 Å². The van der Waals surface area contributed by atoms with Crippen LogP contribution >= 0.6 is 12.2 Å². The van der Waals surface area contributed by atoms with Crippen LogP contribution < -0.4 is 10.6 Å². The largest absolute Gasteiger partial charge is 0.416 e. The van der Waals surface area contributed by atoms with Crippen LogP contribution in [-0.4, -0.2) is 43.9 Å². The molecule has 0 aliphatic heterocycles. The Morgan fingerprint density at radius 1 is 0.964 bits per heavy atom. The summed E-state index contributed by atoms with van der Waals surface area (Å²) in [4.78, 5) is 10.6. The van der Waals surface area contributed by atoms with Crippen LogP contribution in [0.1, 0.15) is 18.1 Å². The van der Waals surface area contributed by atoms with Crippen molar-refractivity contribution in [2.24, 2.45) is 0 Å². The molecule has 1 aromatic carbocycles. The van der Waals surface area contributed by atoms with E-state index in [0.29, 0.717) is 12.1 Å². The van der Waals surface area contributed by atoms with Crippen LogP contribution in [0, 0.1) is 0 Å². The summed E-state index contributed by atoms with van der Waals surface area (Å²) in [5, 5.41) is 4.72. The molecule has 0 radical (unpaired) electrons. The van der Waals surface area contributed by atoms with Gasteiger partial charge >= 0.3 is 12.4 Å². The van der Waals surface area contributed by atoms with E-state index in [2.05, 4.69) is 10.6 Å². The third kappa shape index (κ3) is 9.33. The number of ketones is 1. The molecule has 0 atom stereocenters. The third-order valence-electron chi connectivity index (χ3n) is 3.05. The molecule has 0 saturated heterocycles. The number of alkyl halides is 6. The van der Waals surface area contributed by atoms with E-state index < -0.39 is 29.2 Å². The van der Waals surface area contributed by atoms with Crippen LogP contribution in [0.2, 0.25) is 0 Å². The zero-order valence-electron chi connectivity index (χ0n) is 14.7. The molecule has 0 unspecified atom stereocenters. The van der Waals surface area contributed by atoms with Crippen LogP contribution in [-0.2, 0) is 26.6 Å². The molecule has 0 aliphatic rings. The molecule has 1 aromatic rings. The number of thiocarbonyl (C=S) groups is 1. The van der Waals surface area contributed by atoms with Crippen molar-refractivity contribution in [1.29, 1.82) is 0 Å². The van der Waals surface area contributed by atoms with Gasteiger partial charge in [-0.2, -0.15) is 26.3 Å². The molecule has 0 fully saturated rings. The van der Waals surface area contributed by atoms with Gasteiger partial charge in [0.2, 0.25) is 0 Å². The quantitative estimate of drug-likeness (QED) is 0.353. The summed E-state index contributed by atoms with van der Waals surface area (Å²) in [7, 11) is 0. The number of benzene rings is 1. The van der Waals surface area contributed by atoms with Gasteiger partial charge in [0, 0.05) is 12.2 Å². The van der Waals surface area contributed by atoms with Gasteiger partial charge in [-0.1, -0.05) is 0 Å². The van der Waals surface area contributed by atoms with Gasteiger partial charge in [0.1, 0.15) is 6.61 Å². The Balaban J connectivity index is 2.52. The van der Waals surface area contributed by atoms with Gasteiger partial charge < -0.3 is 20.1 Å². The summed E-state index contributed by atoms with van der Waals surface area (Å²) >= 11 is 4.86. The predicted molar refractivity (Wildman–Crippen MR) is 93.0 cm³/mol. The van der Waals surface area contributed by atoms with E-state index in [-0.39, 0.29) is 49.9 Å². The number of carbonyl (C=O) groups excluding carboxylic acids is 1. The van der Waals surface area contributed by atoms with Crippen molar-refractivity contribution in [3.8, 4) is 0 Å². The topological polar surface area (TPSA) is 59.6 Å². The Morgan fingerprint density at radius 2 is 1.50 bits per heavy atom. The Hall–Kier alpha value is -1.92. The number of hydrogen-bond acceptors (Lipinski definition) is 4. The van der Waals surface area contributed by atoms with E-state index in [9.17, 15) is 31.1 Å². The van der Waals surface area contributed by atoms with Gasteiger partial charge in [0.05, 0.1) is 30.9 Å². The lowest BCUT2D eigenvalue weighted by molar-refractivity contribution is -0.143. The molecule has 0 spiro atoms. The van der Waals surface area contributed by atoms with E-state index in [1.165, 1.54) is 6.92 Å². The minimum atomic E-state index is -4.94. The number of ether oxygens (including phenoxy) is 2. The molecule has 28 heavy (non-hydrogen) atoms. The Bertz CT molecular complexity index is 647. The van der Waals surface area contributed by atoms with Crippen LogP contribution in [0.15, 0.2) is 18.2 Å². The van der Waals surface area contributed by atoms with Gasteiger partial charge in [0.25, 0.3) is 0 Å². The van der Waals surface area contributed by atoms with Crippen LogP contribution in [0.25, 0.3) is 0 Å². The minimum absolute atomic E-state index is 0.0213. The van der Waals surface area contributed by atoms with E-state index in [1.54, 1.807) is 0 Å². The van der Waals surface area contributed by atoms with Gasteiger partial charge in [-0.25, -0.2) is 0 Å². The van der Waals surface area contributed by atoms with E-state index in [0.717, 1.165) is 0 Å². The fourth-order valence-corrected chi connectivity index (χ4v) is 2.09. The number of hydrogen-bond donors (Lipinski definition) is 2. The summed E-state index contributed by atoms with van der Waals surface area (Å²) in [5.74, 6) is -0.124. The second kappa shape index (κ2) is 10.6. The monoisotopic (exact) mass is 432 g/mol. The smallest absolute Gasteiger partial charge is 0.377 e. The molecule has 0 aromatic heterocycles. The van der Waals surface area contributed by atoms with Gasteiger partial charge in [0.15, 0.2) is 10.9 Å². The molecule has 2 N–H and O–H groups in total. The molecule has 5 nitrogen and oxygen atoms in total. The van der Waals surface area contributed by atoms with E-state index >= 15 is 0 Å². The molecule has 0 aliphatic carbocycles. The maximum atomic E-state index is 12.8. The minimum Gasteiger partial charge on any atom is -0.377 e. The molecule has 0 heterocycles. The van der Waals surface area contributed by atoms with Crippen molar-refractivity contribution in [1.82, 2.24) is 5.32 Å². The van der Waals surface area contributed by atoms with Gasteiger partial charge in [-0.05, 0) is 37.3 Å². The zero-order valence-corrected chi connectivity index (χ0v) is 15.5. The summed E-state index contributed by atoms with van der Waals surface area (Å²) in [6.45, 7) is 2.07. The number of anilines is 1. The highest BCUT2D eigenvalue weighted by atomic mass is 32.1. The number of carbonyl (C=O) groups is 1. The normalized spacial score (nSPS) is 12.0. The lowest BCUT2D eigenvalue weighted by atomic mass is 10.1. The zero-order chi connectivity index (χ0) is 21.4. The first-order valence-corrected chi connectivity index (χ1v) is 8.29. The highest BCUT2D eigenvalue weighted by molar-refractivity contribution is 7.80. The second-order valence-electron chi connectivity index (χ2n) is 5.54. The fraction of sp³-hybridized carbons (Fsp3) is 0.500. The van der Waals surface area contributed by atoms with Crippen molar-refractivity contribution in [2.45, 2.75) is 19.3 Å². The highest BCUT2D eigenvalue weighted by Gasteiger charge is 2.37. The van der Waals surface area contributed by atoms with Crippen molar-refractivity contribution in [2.75, 3.05) is 38.3 Å². The number of Topliss-reactive ketones (excluding diaryl/α,β-unsaturated/α-hetero) is 1. The molecule has 0 amide bonds. The molecule has 0 bridgehead atoms. The molecular formula is C16H18F6N2O3S. The Labute approximate surface area is 162 Å². The predicted octanol–water partition coefficient (Wildman–Crippen LogP) is 3.63. The van der Waals surface area contributed by atoms with Crippen molar-refractivity contribution < 1.29 is 40.6 Å². The summed E-state index contributed by atoms with van der Waals surface area (Å²) < 4.78 is 86.9. The lowest BCUT2D eigenvalue weighted by Crippen LogP contribution is -2.31. The van der Waals surface area contributed by atoms with Gasteiger partial charge in [-0.15, -0.1) is 0 Å². The van der Waals surface area contributed by atoms with E-state index in [4.69, 9.17) is 21.7 Å². The van der Waals surface area contributed by atoms with Crippen molar-refractivity contribution in [3.63, 3.8) is 0 Å². The first-order chi connectivity index (χ1) is 12.9. The average molecular weight is 432 g/mol. The standard InChI is InChI=1S/C16H18F6N2O3S/c1-10(25)9-27-5-4-26-3-2-23-14(28)24-13-7-11(15(17,18)19)6-12(8-13)16(20,21)22/h6-8H,2-5,9H2,1H3,(H2,23,24,28).